The third kappa shape index (κ3) is 4.41. The van der Waals surface area contributed by atoms with Gasteiger partial charge in [-0.1, -0.05) is 21.1 Å². The average molecular weight is 261 g/mol. The first-order chi connectivity index (χ1) is 6.83. The molecule has 0 aliphatic rings. The van der Waals surface area contributed by atoms with E-state index in [9.17, 15) is 4.79 Å². The minimum Gasteiger partial charge on any atom is -0.364 e. The first kappa shape index (κ1) is 11.2. The SMILES string of the molecule is O=C(CCCCBr)NCc1ccon1. The molecule has 0 saturated heterocycles. The zero-order valence-electron chi connectivity index (χ0n) is 7.83. The van der Waals surface area contributed by atoms with E-state index in [1.165, 1.54) is 6.26 Å². The average Bonchev–Trinajstić information content (AvgIpc) is 2.68. The number of alkyl halides is 1. The number of carbonyl (C=O) groups is 1. The van der Waals surface area contributed by atoms with Crippen molar-refractivity contribution >= 4 is 21.8 Å². The largest absolute Gasteiger partial charge is 0.364 e. The Hall–Kier alpha value is -0.840. The summed E-state index contributed by atoms with van der Waals surface area (Å²) < 4.78 is 4.64. The fraction of sp³-hybridized carbons (Fsp3) is 0.556. The van der Waals surface area contributed by atoms with Gasteiger partial charge in [-0.05, 0) is 12.8 Å². The Morgan fingerprint density at radius 3 is 3.07 bits per heavy atom. The smallest absolute Gasteiger partial charge is 0.220 e. The van der Waals surface area contributed by atoms with E-state index in [0.29, 0.717) is 13.0 Å². The fourth-order valence-electron chi connectivity index (χ4n) is 0.986. The van der Waals surface area contributed by atoms with Crippen molar-refractivity contribution in [2.75, 3.05) is 5.33 Å². The second-order valence-corrected chi connectivity index (χ2v) is 3.71. The summed E-state index contributed by atoms with van der Waals surface area (Å²) >= 11 is 3.32. The maximum absolute atomic E-state index is 11.2. The molecule has 1 N–H and O–H groups in total. The van der Waals surface area contributed by atoms with Crippen LogP contribution in [0, 0.1) is 0 Å². The minimum atomic E-state index is 0.0638. The summed E-state index contributed by atoms with van der Waals surface area (Å²) in [4.78, 5) is 11.2. The molecule has 1 aromatic rings. The molecule has 0 aromatic carbocycles. The van der Waals surface area contributed by atoms with Gasteiger partial charge in [0.1, 0.15) is 12.0 Å². The van der Waals surface area contributed by atoms with Crippen molar-refractivity contribution in [2.45, 2.75) is 25.8 Å². The predicted octanol–water partition coefficient (Wildman–Crippen LogP) is 1.86. The summed E-state index contributed by atoms with van der Waals surface area (Å²) in [5, 5.41) is 7.40. The number of amides is 1. The van der Waals surface area contributed by atoms with E-state index in [1.54, 1.807) is 6.07 Å². The van der Waals surface area contributed by atoms with Crippen LogP contribution in [-0.4, -0.2) is 16.4 Å². The summed E-state index contributed by atoms with van der Waals surface area (Å²) in [7, 11) is 0. The van der Waals surface area contributed by atoms with Crippen molar-refractivity contribution in [1.29, 1.82) is 0 Å². The van der Waals surface area contributed by atoms with Crippen molar-refractivity contribution in [3.05, 3.63) is 18.0 Å². The molecule has 1 heterocycles. The second kappa shape index (κ2) is 6.59. The van der Waals surface area contributed by atoms with Crippen LogP contribution < -0.4 is 5.32 Å². The highest BCUT2D eigenvalue weighted by atomic mass is 79.9. The molecular formula is C9H13BrN2O2. The van der Waals surface area contributed by atoms with Crippen molar-refractivity contribution in [1.82, 2.24) is 10.5 Å². The van der Waals surface area contributed by atoms with Crippen LogP contribution in [0.3, 0.4) is 0 Å². The molecule has 1 aromatic heterocycles. The molecule has 5 heteroatoms. The third-order valence-electron chi connectivity index (χ3n) is 1.75. The van der Waals surface area contributed by atoms with Gasteiger partial charge in [-0.25, -0.2) is 0 Å². The van der Waals surface area contributed by atoms with Crippen molar-refractivity contribution < 1.29 is 9.32 Å². The Kier molecular flexibility index (Phi) is 5.29. The van der Waals surface area contributed by atoms with Gasteiger partial charge in [-0.15, -0.1) is 0 Å². The molecule has 0 fully saturated rings. The zero-order valence-corrected chi connectivity index (χ0v) is 9.42. The van der Waals surface area contributed by atoms with Crippen LogP contribution in [0.4, 0.5) is 0 Å². The number of aromatic nitrogens is 1. The number of halogens is 1. The lowest BCUT2D eigenvalue weighted by Crippen LogP contribution is -2.22. The first-order valence-electron chi connectivity index (χ1n) is 4.55. The lowest BCUT2D eigenvalue weighted by Gasteiger charge is -2.01. The Bertz CT molecular complexity index is 262. The van der Waals surface area contributed by atoms with Gasteiger partial charge in [0, 0.05) is 17.8 Å². The molecule has 0 saturated carbocycles. The van der Waals surface area contributed by atoms with Gasteiger partial charge in [0.15, 0.2) is 0 Å². The van der Waals surface area contributed by atoms with Crippen LogP contribution in [0.5, 0.6) is 0 Å². The molecule has 1 rings (SSSR count). The van der Waals surface area contributed by atoms with Gasteiger partial charge in [-0.3, -0.25) is 4.79 Å². The molecule has 78 valence electrons. The number of nitrogens with zero attached hydrogens (tertiary/aromatic N) is 1. The van der Waals surface area contributed by atoms with Gasteiger partial charge >= 0.3 is 0 Å². The van der Waals surface area contributed by atoms with Gasteiger partial charge in [0.05, 0.1) is 6.54 Å². The highest BCUT2D eigenvalue weighted by Crippen LogP contribution is 1.99. The molecule has 0 atom stereocenters. The quantitative estimate of drug-likeness (QED) is 0.628. The number of rotatable bonds is 6. The monoisotopic (exact) mass is 260 g/mol. The van der Waals surface area contributed by atoms with E-state index >= 15 is 0 Å². The molecular weight excluding hydrogens is 248 g/mol. The Balaban J connectivity index is 2.09. The Labute approximate surface area is 91.2 Å². The standard InChI is InChI=1S/C9H13BrN2O2/c10-5-2-1-3-9(13)11-7-8-4-6-14-12-8/h4,6H,1-3,5,7H2,(H,11,13). The van der Waals surface area contributed by atoms with Crippen LogP contribution in [0.2, 0.25) is 0 Å². The number of hydrogen-bond acceptors (Lipinski definition) is 3. The van der Waals surface area contributed by atoms with E-state index in [-0.39, 0.29) is 5.91 Å². The summed E-state index contributed by atoms with van der Waals surface area (Å²) in [5.74, 6) is 0.0638. The van der Waals surface area contributed by atoms with Crippen LogP contribution in [0.25, 0.3) is 0 Å². The highest BCUT2D eigenvalue weighted by Gasteiger charge is 2.01. The van der Waals surface area contributed by atoms with Crippen molar-refractivity contribution in [2.24, 2.45) is 0 Å². The van der Waals surface area contributed by atoms with Gasteiger partial charge in [0.2, 0.25) is 5.91 Å². The van der Waals surface area contributed by atoms with Crippen LogP contribution in [0.1, 0.15) is 25.0 Å². The van der Waals surface area contributed by atoms with Crippen LogP contribution in [-0.2, 0) is 11.3 Å². The topological polar surface area (TPSA) is 55.1 Å². The fourth-order valence-corrected chi connectivity index (χ4v) is 1.38. The molecule has 0 spiro atoms. The molecule has 1 amide bonds. The predicted molar refractivity (Wildman–Crippen MR) is 56.0 cm³/mol. The lowest BCUT2D eigenvalue weighted by atomic mass is 10.2. The molecule has 0 aliphatic heterocycles. The summed E-state index contributed by atoms with van der Waals surface area (Å²) in [5.41, 5.74) is 0.749. The molecule has 0 aliphatic carbocycles. The molecule has 0 unspecified atom stereocenters. The maximum Gasteiger partial charge on any atom is 0.220 e. The third-order valence-corrected chi connectivity index (χ3v) is 2.31. The van der Waals surface area contributed by atoms with E-state index in [0.717, 1.165) is 23.9 Å². The summed E-state index contributed by atoms with van der Waals surface area (Å²) in [6.45, 7) is 0.448. The van der Waals surface area contributed by atoms with Crippen LogP contribution in [0.15, 0.2) is 16.9 Å². The minimum absolute atomic E-state index is 0.0638. The molecule has 0 bridgehead atoms. The van der Waals surface area contributed by atoms with E-state index in [4.69, 9.17) is 0 Å². The molecule has 0 radical (unpaired) electrons. The maximum atomic E-state index is 11.2. The van der Waals surface area contributed by atoms with Gasteiger partial charge < -0.3 is 9.84 Å². The Morgan fingerprint density at radius 2 is 2.43 bits per heavy atom. The van der Waals surface area contributed by atoms with Crippen LogP contribution >= 0.6 is 15.9 Å². The highest BCUT2D eigenvalue weighted by molar-refractivity contribution is 9.09. The zero-order chi connectivity index (χ0) is 10.2. The number of unbranched alkanes of at least 4 members (excludes halogenated alkanes) is 1. The first-order valence-corrected chi connectivity index (χ1v) is 5.67. The van der Waals surface area contributed by atoms with E-state index in [2.05, 4.69) is 30.9 Å². The van der Waals surface area contributed by atoms with E-state index < -0.39 is 0 Å². The van der Waals surface area contributed by atoms with Crippen molar-refractivity contribution in [3.8, 4) is 0 Å². The van der Waals surface area contributed by atoms with Crippen molar-refractivity contribution in [3.63, 3.8) is 0 Å². The van der Waals surface area contributed by atoms with Gasteiger partial charge in [0.25, 0.3) is 0 Å². The number of carbonyl (C=O) groups excluding carboxylic acids is 1. The normalized spacial score (nSPS) is 10.1. The van der Waals surface area contributed by atoms with E-state index in [1.807, 2.05) is 0 Å². The lowest BCUT2D eigenvalue weighted by molar-refractivity contribution is -0.121. The second-order valence-electron chi connectivity index (χ2n) is 2.91. The molecule has 14 heavy (non-hydrogen) atoms. The Morgan fingerprint density at radius 1 is 1.57 bits per heavy atom. The molecule has 4 nitrogen and oxygen atoms in total. The number of nitrogens with one attached hydrogen (secondary N) is 1. The summed E-state index contributed by atoms with van der Waals surface area (Å²) in [6.07, 6.45) is 4.00. The van der Waals surface area contributed by atoms with Gasteiger partial charge in [-0.2, -0.15) is 0 Å². The summed E-state index contributed by atoms with van der Waals surface area (Å²) in [6, 6.07) is 1.73. The number of hydrogen-bond donors (Lipinski definition) is 1.